The van der Waals surface area contributed by atoms with Gasteiger partial charge in [-0.05, 0) is 18.9 Å². The van der Waals surface area contributed by atoms with Crippen molar-refractivity contribution >= 4 is 17.6 Å². The van der Waals surface area contributed by atoms with Crippen molar-refractivity contribution in [2.45, 2.75) is 6.42 Å². The second-order valence-corrected chi connectivity index (χ2v) is 3.25. The Morgan fingerprint density at radius 1 is 1.73 bits per heavy atom. The summed E-state index contributed by atoms with van der Waals surface area (Å²) in [6, 6.07) is 0. The number of hydrogen-bond acceptors (Lipinski definition) is 2. The summed E-state index contributed by atoms with van der Waals surface area (Å²) in [7, 11) is 0. The highest BCUT2D eigenvalue weighted by molar-refractivity contribution is 6.18. The van der Waals surface area contributed by atoms with Crippen LogP contribution in [0, 0.1) is 5.92 Å². The zero-order valence-electron chi connectivity index (χ0n) is 6.29. The first kappa shape index (κ1) is 8.81. The molecule has 0 aromatic rings. The third kappa shape index (κ3) is 2.67. The largest absolute Gasteiger partial charge is 0.480 e. The lowest BCUT2D eigenvalue weighted by molar-refractivity contribution is -0.138. The van der Waals surface area contributed by atoms with E-state index in [2.05, 4.69) is 0 Å². The molecule has 3 nitrogen and oxygen atoms in total. The standard InChI is InChI=1S/C7H12ClNO2/c8-3-6-1-2-9(4-6)5-7(10)11/h6H,1-5H2,(H,10,11)/t6-/m1/s1. The number of hydrogen-bond donors (Lipinski definition) is 1. The lowest BCUT2D eigenvalue weighted by Crippen LogP contribution is -2.27. The molecule has 0 unspecified atom stereocenters. The second kappa shape index (κ2) is 3.93. The molecule has 1 saturated heterocycles. The van der Waals surface area contributed by atoms with E-state index in [1.807, 2.05) is 4.90 Å². The van der Waals surface area contributed by atoms with Gasteiger partial charge < -0.3 is 5.11 Å². The first-order valence-electron chi connectivity index (χ1n) is 3.72. The van der Waals surface area contributed by atoms with E-state index in [0.717, 1.165) is 19.5 Å². The zero-order valence-corrected chi connectivity index (χ0v) is 7.05. The minimum absolute atomic E-state index is 0.160. The predicted molar refractivity (Wildman–Crippen MR) is 42.9 cm³/mol. The molecule has 1 heterocycles. The molecule has 11 heavy (non-hydrogen) atoms. The number of alkyl halides is 1. The van der Waals surface area contributed by atoms with Gasteiger partial charge in [-0.25, -0.2) is 0 Å². The molecule has 0 saturated carbocycles. The van der Waals surface area contributed by atoms with Crippen molar-refractivity contribution < 1.29 is 9.90 Å². The van der Waals surface area contributed by atoms with E-state index in [1.165, 1.54) is 0 Å². The molecule has 1 aliphatic heterocycles. The number of nitrogens with zero attached hydrogens (tertiary/aromatic N) is 1. The minimum atomic E-state index is -0.750. The van der Waals surface area contributed by atoms with Crippen LogP contribution in [0.1, 0.15) is 6.42 Å². The fourth-order valence-electron chi connectivity index (χ4n) is 1.37. The number of carboxylic acids is 1. The molecule has 4 heteroatoms. The Morgan fingerprint density at radius 2 is 2.45 bits per heavy atom. The first-order chi connectivity index (χ1) is 5.22. The molecule has 0 aromatic heterocycles. The highest BCUT2D eigenvalue weighted by Crippen LogP contribution is 2.16. The molecule has 0 radical (unpaired) electrons. The van der Waals surface area contributed by atoms with E-state index in [0.29, 0.717) is 11.8 Å². The second-order valence-electron chi connectivity index (χ2n) is 2.94. The van der Waals surface area contributed by atoms with Gasteiger partial charge in [-0.15, -0.1) is 11.6 Å². The SMILES string of the molecule is O=C(O)CN1CC[C@H](CCl)C1. The first-order valence-corrected chi connectivity index (χ1v) is 4.26. The molecule has 64 valence electrons. The third-order valence-electron chi connectivity index (χ3n) is 1.95. The van der Waals surface area contributed by atoms with Gasteiger partial charge in [0.15, 0.2) is 0 Å². The average Bonchev–Trinajstić information content (AvgIpc) is 2.34. The monoisotopic (exact) mass is 177 g/mol. The maximum absolute atomic E-state index is 10.3. The molecule has 0 aromatic carbocycles. The van der Waals surface area contributed by atoms with Crippen molar-refractivity contribution in [1.29, 1.82) is 0 Å². The molecule has 1 N–H and O–H groups in total. The van der Waals surface area contributed by atoms with Gasteiger partial charge in [0.25, 0.3) is 0 Å². The van der Waals surface area contributed by atoms with Crippen LogP contribution in [0.3, 0.4) is 0 Å². The molecular weight excluding hydrogens is 166 g/mol. The Labute approximate surface area is 70.9 Å². The van der Waals surface area contributed by atoms with Crippen LogP contribution < -0.4 is 0 Å². The summed E-state index contributed by atoms with van der Waals surface area (Å²) in [6.07, 6.45) is 1.04. The molecule has 1 atom stereocenters. The van der Waals surface area contributed by atoms with Crippen LogP contribution in [0.4, 0.5) is 0 Å². The van der Waals surface area contributed by atoms with Gasteiger partial charge in [-0.3, -0.25) is 9.69 Å². The quantitative estimate of drug-likeness (QED) is 0.643. The van der Waals surface area contributed by atoms with Crippen LogP contribution in [-0.2, 0) is 4.79 Å². The highest BCUT2D eigenvalue weighted by atomic mass is 35.5. The van der Waals surface area contributed by atoms with Gasteiger partial charge in [0, 0.05) is 12.4 Å². The zero-order chi connectivity index (χ0) is 8.27. The number of carboxylic acid groups (broad SMARTS) is 1. The van der Waals surface area contributed by atoms with Gasteiger partial charge in [-0.2, -0.15) is 0 Å². The van der Waals surface area contributed by atoms with Crippen molar-refractivity contribution in [2.75, 3.05) is 25.5 Å². The van der Waals surface area contributed by atoms with Crippen LogP contribution in [0.15, 0.2) is 0 Å². The average molecular weight is 178 g/mol. The van der Waals surface area contributed by atoms with E-state index in [4.69, 9.17) is 16.7 Å². The van der Waals surface area contributed by atoms with Crippen molar-refractivity contribution in [3.63, 3.8) is 0 Å². The van der Waals surface area contributed by atoms with Crippen molar-refractivity contribution in [2.24, 2.45) is 5.92 Å². The topological polar surface area (TPSA) is 40.5 Å². The van der Waals surface area contributed by atoms with Crippen molar-refractivity contribution in [1.82, 2.24) is 4.90 Å². The van der Waals surface area contributed by atoms with E-state index in [9.17, 15) is 4.79 Å². The number of halogens is 1. The van der Waals surface area contributed by atoms with Gasteiger partial charge in [0.05, 0.1) is 6.54 Å². The van der Waals surface area contributed by atoms with E-state index < -0.39 is 5.97 Å². The minimum Gasteiger partial charge on any atom is -0.480 e. The van der Waals surface area contributed by atoms with Crippen LogP contribution >= 0.6 is 11.6 Å². The fraction of sp³-hybridized carbons (Fsp3) is 0.857. The molecule has 0 aliphatic carbocycles. The molecule has 1 rings (SSSR count). The normalized spacial score (nSPS) is 25.7. The number of rotatable bonds is 3. The Bertz CT molecular complexity index is 151. The van der Waals surface area contributed by atoms with Crippen LogP contribution in [-0.4, -0.2) is 41.5 Å². The van der Waals surface area contributed by atoms with Gasteiger partial charge in [0.2, 0.25) is 0 Å². The van der Waals surface area contributed by atoms with Crippen LogP contribution in [0.2, 0.25) is 0 Å². The van der Waals surface area contributed by atoms with Crippen molar-refractivity contribution in [3.05, 3.63) is 0 Å². The van der Waals surface area contributed by atoms with E-state index in [1.54, 1.807) is 0 Å². The summed E-state index contributed by atoms with van der Waals surface area (Å²) in [5.74, 6) is 0.395. The number of aliphatic carboxylic acids is 1. The molecule has 1 aliphatic rings. The number of carbonyl (C=O) groups is 1. The summed E-state index contributed by atoms with van der Waals surface area (Å²) >= 11 is 5.64. The Morgan fingerprint density at radius 3 is 2.91 bits per heavy atom. The van der Waals surface area contributed by atoms with Crippen LogP contribution in [0.5, 0.6) is 0 Å². The predicted octanol–water partition coefficient (Wildman–Crippen LogP) is 0.632. The van der Waals surface area contributed by atoms with Gasteiger partial charge >= 0.3 is 5.97 Å². The smallest absolute Gasteiger partial charge is 0.317 e. The molecular formula is C7H12ClNO2. The highest BCUT2D eigenvalue weighted by Gasteiger charge is 2.22. The van der Waals surface area contributed by atoms with Crippen molar-refractivity contribution in [3.8, 4) is 0 Å². The summed E-state index contributed by atoms with van der Waals surface area (Å²) in [5, 5.41) is 8.46. The Balaban J connectivity index is 2.24. The van der Waals surface area contributed by atoms with Crippen LogP contribution in [0.25, 0.3) is 0 Å². The summed E-state index contributed by atoms with van der Waals surface area (Å²) < 4.78 is 0. The molecule has 0 amide bonds. The number of likely N-dealkylation sites (tertiary alicyclic amines) is 1. The maximum Gasteiger partial charge on any atom is 0.317 e. The lowest BCUT2D eigenvalue weighted by atomic mass is 10.2. The lowest BCUT2D eigenvalue weighted by Gasteiger charge is -2.11. The molecule has 1 fully saturated rings. The van der Waals surface area contributed by atoms with E-state index >= 15 is 0 Å². The Hall–Kier alpha value is -0.280. The van der Waals surface area contributed by atoms with Gasteiger partial charge in [0.1, 0.15) is 0 Å². The summed E-state index contributed by atoms with van der Waals surface area (Å²) in [6.45, 7) is 1.88. The fourth-order valence-corrected chi connectivity index (χ4v) is 1.63. The maximum atomic E-state index is 10.3. The molecule has 0 spiro atoms. The summed E-state index contributed by atoms with van der Waals surface area (Å²) in [5.41, 5.74) is 0. The Kier molecular flexibility index (Phi) is 3.15. The van der Waals surface area contributed by atoms with Gasteiger partial charge in [-0.1, -0.05) is 0 Å². The molecule has 0 bridgehead atoms. The third-order valence-corrected chi connectivity index (χ3v) is 2.38. The van der Waals surface area contributed by atoms with E-state index in [-0.39, 0.29) is 6.54 Å². The summed E-state index contributed by atoms with van der Waals surface area (Å²) in [4.78, 5) is 12.2.